The molecule has 0 aliphatic rings. The van der Waals surface area contributed by atoms with E-state index < -0.39 is 0 Å². The standard InChI is InChI=1S/C14H22ClNO/c1-2-3-4-5-10-17-14-7-6-12(8-9-16)11-13(14)15/h6-7,11H,2-5,8-10,16H2,1H3. The first-order chi connectivity index (χ1) is 8.27. The SMILES string of the molecule is CCCCCCOc1ccc(CCN)cc1Cl. The minimum Gasteiger partial charge on any atom is -0.492 e. The fraction of sp³-hybridized carbons (Fsp3) is 0.571. The molecule has 0 heterocycles. The summed E-state index contributed by atoms with van der Waals surface area (Å²) >= 11 is 6.14. The van der Waals surface area contributed by atoms with Gasteiger partial charge in [0.05, 0.1) is 11.6 Å². The average Bonchev–Trinajstić information content (AvgIpc) is 2.32. The molecule has 1 rings (SSSR count). The van der Waals surface area contributed by atoms with E-state index in [4.69, 9.17) is 22.1 Å². The molecular weight excluding hydrogens is 234 g/mol. The van der Waals surface area contributed by atoms with Crippen LogP contribution < -0.4 is 10.5 Å². The summed E-state index contributed by atoms with van der Waals surface area (Å²) in [5, 5.41) is 0.687. The number of ether oxygens (including phenoxy) is 1. The predicted octanol–water partition coefficient (Wildman–Crippen LogP) is 3.80. The van der Waals surface area contributed by atoms with Gasteiger partial charge < -0.3 is 10.5 Å². The van der Waals surface area contributed by atoms with Crippen LogP contribution in [0.5, 0.6) is 5.75 Å². The van der Waals surface area contributed by atoms with E-state index in [1.54, 1.807) is 0 Å². The van der Waals surface area contributed by atoms with Crippen LogP contribution in [0.4, 0.5) is 0 Å². The Hall–Kier alpha value is -0.730. The van der Waals surface area contributed by atoms with E-state index in [1.165, 1.54) is 19.3 Å². The third-order valence-electron chi connectivity index (χ3n) is 2.68. The van der Waals surface area contributed by atoms with Crippen molar-refractivity contribution in [3.05, 3.63) is 28.8 Å². The van der Waals surface area contributed by atoms with Crippen molar-refractivity contribution in [2.45, 2.75) is 39.0 Å². The second-order valence-electron chi connectivity index (χ2n) is 4.21. The van der Waals surface area contributed by atoms with Crippen LogP contribution >= 0.6 is 11.6 Å². The Balaban J connectivity index is 2.38. The highest BCUT2D eigenvalue weighted by atomic mass is 35.5. The number of unbranched alkanes of at least 4 members (excludes halogenated alkanes) is 3. The molecule has 0 saturated heterocycles. The van der Waals surface area contributed by atoms with Crippen molar-refractivity contribution < 1.29 is 4.74 Å². The summed E-state index contributed by atoms with van der Waals surface area (Å²) in [6.45, 7) is 3.59. The van der Waals surface area contributed by atoms with Crippen molar-refractivity contribution in [1.82, 2.24) is 0 Å². The van der Waals surface area contributed by atoms with Crippen LogP contribution in [0.2, 0.25) is 5.02 Å². The zero-order chi connectivity index (χ0) is 12.5. The predicted molar refractivity (Wildman–Crippen MR) is 73.8 cm³/mol. The third kappa shape index (κ3) is 5.42. The molecule has 0 atom stereocenters. The number of rotatable bonds is 8. The van der Waals surface area contributed by atoms with E-state index in [-0.39, 0.29) is 0 Å². The van der Waals surface area contributed by atoms with Crippen LogP contribution in [0.3, 0.4) is 0 Å². The molecule has 0 spiro atoms. The van der Waals surface area contributed by atoms with Crippen LogP contribution in [0.15, 0.2) is 18.2 Å². The van der Waals surface area contributed by atoms with E-state index >= 15 is 0 Å². The largest absolute Gasteiger partial charge is 0.492 e. The monoisotopic (exact) mass is 255 g/mol. The normalized spacial score (nSPS) is 10.5. The van der Waals surface area contributed by atoms with Gasteiger partial charge in [0.1, 0.15) is 5.75 Å². The van der Waals surface area contributed by atoms with Crippen molar-refractivity contribution in [2.24, 2.45) is 5.73 Å². The Kier molecular flexibility index (Phi) is 7.06. The summed E-state index contributed by atoms with van der Waals surface area (Å²) in [7, 11) is 0. The quantitative estimate of drug-likeness (QED) is 0.717. The number of hydrogen-bond acceptors (Lipinski definition) is 2. The van der Waals surface area contributed by atoms with Gasteiger partial charge in [-0.3, -0.25) is 0 Å². The van der Waals surface area contributed by atoms with E-state index in [9.17, 15) is 0 Å². The zero-order valence-corrected chi connectivity index (χ0v) is 11.3. The molecule has 0 saturated carbocycles. The van der Waals surface area contributed by atoms with Crippen LogP contribution in [-0.4, -0.2) is 13.2 Å². The molecule has 0 bridgehead atoms. The van der Waals surface area contributed by atoms with E-state index in [1.807, 2.05) is 18.2 Å². The van der Waals surface area contributed by atoms with Crippen LogP contribution in [-0.2, 0) is 6.42 Å². The van der Waals surface area contributed by atoms with Crippen molar-refractivity contribution >= 4 is 11.6 Å². The van der Waals surface area contributed by atoms with Crippen molar-refractivity contribution in [1.29, 1.82) is 0 Å². The van der Waals surface area contributed by atoms with Crippen molar-refractivity contribution in [3.8, 4) is 5.75 Å². The lowest BCUT2D eigenvalue weighted by Crippen LogP contribution is -2.03. The van der Waals surface area contributed by atoms with Gasteiger partial charge in [-0.1, -0.05) is 43.9 Å². The third-order valence-corrected chi connectivity index (χ3v) is 2.98. The molecule has 2 N–H and O–H groups in total. The summed E-state index contributed by atoms with van der Waals surface area (Å²) in [5.74, 6) is 0.781. The second-order valence-corrected chi connectivity index (χ2v) is 4.62. The Morgan fingerprint density at radius 3 is 2.71 bits per heavy atom. The van der Waals surface area contributed by atoms with Gasteiger partial charge in [-0.15, -0.1) is 0 Å². The lowest BCUT2D eigenvalue weighted by atomic mass is 10.1. The molecule has 0 aromatic heterocycles. The molecule has 0 unspecified atom stereocenters. The van der Waals surface area contributed by atoms with Crippen molar-refractivity contribution in [3.63, 3.8) is 0 Å². The molecule has 0 radical (unpaired) electrons. The Bertz CT molecular complexity index is 328. The lowest BCUT2D eigenvalue weighted by molar-refractivity contribution is 0.305. The van der Waals surface area contributed by atoms with Gasteiger partial charge in [0.2, 0.25) is 0 Å². The fourth-order valence-corrected chi connectivity index (χ4v) is 1.95. The fourth-order valence-electron chi connectivity index (χ4n) is 1.69. The molecule has 0 amide bonds. The van der Waals surface area contributed by atoms with Gasteiger partial charge in [0.15, 0.2) is 0 Å². The molecule has 2 nitrogen and oxygen atoms in total. The van der Waals surface area contributed by atoms with Gasteiger partial charge in [-0.2, -0.15) is 0 Å². The average molecular weight is 256 g/mol. The van der Waals surface area contributed by atoms with Crippen molar-refractivity contribution in [2.75, 3.05) is 13.2 Å². The van der Waals surface area contributed by atoms with E-state index in [2.05, 4.69) is 6.92 Å². The Morgan fingerprint density at radius 2 is 2.06 bits per heavy atom. The molecule has 1 aromatic carbocycles. The van der Waals surface area contributed by atoms with Crippen LogP contribution in [0, 0.1) is 0 Å². The maximum atomic E-state index is 6.14. The summed E-state index contributed by atoms with van der Waals surface area (Å²) in [4.78, 5) is 0. The summed E-state index contributed by atoms with van der Waals surface area (Å²) in [6, 6.07) is 5.91. The van der Waals surface area contributed by atoms with E-state index in [0.717, 1.165) is 30.8 Å². The van der Waals surface area contributed by atoms with E-state index in [0.29, 0.717) is 11.6 Å². The summed E-state index contributed by atoms with van der Waals surface area (Å²) in [5.41, 5.74) is 6.66. The van der Waals surface area contributed by atoms with Gasteiger partial charge in [0, 0.05) is 0 Å². The molecule has 1 aromatic rings. The zero-order valence-electron chi connectivity index (χ0n) is 10.5. The van der Waals surface area contributed by atoms with Crippen LogP contribution in [0.1, 0.15) is 38.2 Å². The van der Waals surface area contributed by atoms with Gasteiger partial charge in [-0.25, -0.2) is 0 Å². The molecule has 3 heteroatoms. The molecule has 0 aliphatic heterocycles. The second kappa shape index (κ2) is 8.37. The summed E-state index contributed by atoms with van der Waals surface area (Å²) < 4.78 is 5.65. The highest BCUT2D eigenvalue weighted by molar-refractivity contribution is 6.32. The summed E-state index contributed by atoms with van der Waals surface area (Å²) in [6.07, 6.45) is 5.69. The molecular formula is C14H22ClNO. The molecule has 17 heavy (non-hydrogen) atoms. The first-order valence-electron chi connectivity index (χ1n) is 6.39. The van der Waals surface area contributed by atoms with Gasteiger partial charge in [0.25, 0.3) is 0 Å². The Morgan fingerprint density at radius 1 is 1.24 bits per heavy atom. The number of benzene rings is 1. The van der Waals surface area contributed by atoms with Gasteiger partial charge in [-0.05, 0) is 37.1 Å². The number of nitrogens with two attached hydrogens (primary N) is 1. The van der Waals surface area contributed by atoms with Crippen LogP contribution in [0.25, 0.3) is 0 Å². The number of hydrogen-bond donors (Lipinski definition) is 1. The van der Waals surface area contributed by atoms with Gasteiger partial charge >= 0.3 is 0 Å². The Labute approximate surface area is 109 Å². The highest BCUT2D eigenvalue weighted by Gasteiger charge is 2.02. The first kappa shape index (κ1) is 14.3. The minimum atomic E-state index is 0.646. The lowest BCUT2D eigenvalue weighted by Gasteiger charge is -2.09. The molecule has 96 valence electrons. The topological polar surface area (TPSA) is 35.2 Å². The number of halogens is 1. The first-order valence-corrected chi connectivity index (χ1v) is 6.77. The maximum absolute atomic E-state index is 6.14. The molecule has 0 fully saturated rings. The molecule has 0 aliphatic carbocycles. The minimum absolute atomic E-state index is 0.646. The smallest absolute Gasteiger partial charge is 0.137 e. The highest BCUT2D eigenvalue weighted by Crippen LogP contribution is 2.25. The maximum Gasteiger partial charge on any atom is 0.137 e.